The number of nitrogens with one attached hydrogen (secondary N) is 1. The number of amides is 1. The van der Waals surface area contributed by atoms with E-state index in [1.807, 2.05) is 6.92 Å². The summed E-state index contributed by atoms with van der Waals surface area (Å²) in [7, 11) is 0. The molecule has 1 aliphatic carbocycles. The van der Waals surface area contributed by atoms with Gasteiger partial charge in [0, 0.05) is 5.02 Å². The number of hydrogen-bond donors (Lipinski definition) is 1. The van der Waals surface area contributed by atoms with Gasteiger partial charge in [0.25, 0.3) is 5.91 Å². The third-order valence-corrected chi connectivity index (χ3v) is 3.67. The van der Waals surface area contributed by atoms with Crippen LogP contribution in [-0.4, -0.2) is 18.1 Å². The van der Waals surface area contributed by atoms with E-state index in [4.69, 9.17) is 21.2 Å². The van der Waals surface area contributed by atoms with Crippen LogP contribution in [0.4, 0.5) is 0 Å². The lowest BCUT2D eigenvalue weighted by atomic mass is 10.2. The van der Waals surface area contributed by atoms with Crippen LogP contribution < -0.4 is 10.2 Å². The average Bonchev–Trinajstić information content (AvgIpc) is 2.92. The maximum atomic E-state index is 11.9. The summed E-state index contributed by atoms with van der Waals surface area (Å²) >= 11 is 5.88. The van der Waals surface area contributed by atoms with Gasteiger partial charge in [-0.1, -0.05) is 24.4 Å². The number of ether oxygens (including phenoxy) is 1. The van der Waals surface area contributed by atoms with Gasteiger partial charge in [-0.25, -0.2) is 5.48 Å². The first kappa shape index (κ1) is 15.1. The lowest BCUT2D eigenvalue weighted by Crippen LogP contribution is -2.38. The Kier molecular flexibility index (Phi) is 5.26. The van der Waals surface area contributed by atoms with Crippen molar-refractivity contribution < 1.29 is 14.4 Å². The molecule has 0 radical (unpaired) electrons. The molecule has 5 heteroatoms. The first-order valence-electron chi connectivity index (χ1n) is 6.94. The van der Waals surface area contributed by atoms with Crippen LogP contribution in [0.15, 0.2) is 18.2 Å². The normalized spacial score (nSPS) is 16.9. The van der Waals surface area contributed by atoms with Crippen molar-refractivity contribution in [3.8, 4) is 5.75 Å². The molecule has 1 fully saturated rings. The average molecular weight is 298 g/mol. The second-order valence-corrected chi connectivity index (χ2v) is 5.60. The summed E-state index contributed by atoms with van der Waals surface area (Å²) in [5.41, 5.74) is 3.38. The van der Waals surface area contributed by atoms with Crippen molar-refractivity contribution in [3.63, 3.8) is 0 Å². The molecule has 0 spiro atoms. The third-order valence-electron chi connectivity index (χ3n) is 3.44. The van der Waals surface area contributed by atoms with Gasteiger partial charge in [-0.2, -0.15) is 0 Å². The molecule has 110 valence electrons. The minimum atomic E-state index is -0.615. The third kappa shape index (κ3) is 4.12. The van der Waals surface area contributed by atoms with Crippen molar-refractivity contribution in [2.45, 2.75) is 51.7 Å². The zero-order valence-corrected chi connectivity index (χ0v) is 12.6. The minimum absolute atomic E-state index is 0.142. The molecule has 0 heterocycles. The zero-order valence-electron chi connectivity index (χ0n) is 11.8. The molecular weight excluding hydrogens is 278 g/mol. The van der Waals surface area contributed by atoms with Gasteiger partial charge in [-0.05, 0) is 50.5 Å². The smallest absolute Gasteiger partial charge is 0.284 e. The van der Waals surface area contributed by atoms with E-state index in [1.54, 1.807) is 25.1 Å². The van der Waals surface area contributed by atoms with Crippen LogP contribution in [0.3, 0.4) is 0 Å². The number of hydrogen-bond acceptors (Lipinski definition) is 3. The highest BCUT2D eigenvalue weighted by Gasteiger charge is 2.20. The van der Waals surface area contributed by atoms with Gasteiger partial charge in [-0.15, -0.1) is 0 Å². The molecule has 1 amide bonds. The minimum Gasteiger partial charge on any atom is -0.481 e. The van der Waals surface area contributed by atoms with Gasteiger partial charge in [0.15, 0.2) is 6.10 Å². The second-order valence-electron chi connectivity index (χ2n) is 5.16. The molecule has 1 unspecified atom stereocenters. The SMILES string of the molecule is Cc1cc(Cl)ccc1OC(C)C(=O)NOC1CCCC1. The van der Waals surface area contributed by atoms with Crippen LogP contribution >= 0.6 is 11.6 Å². The van der Waals surface area contributed by atoms with E-state index in [-0.39, 0.29) is 12.0 Å². The Hall–Kier alpha value is -1.26. The summed E-state index contributed by atoms with van der Waals surface area (Å²) in [6.45, 7) is 3.59. The quantitative estimate of drug-likeness (QED) is 0.847. The largest absolute Gasteiger partial charge is 0.481 e. The van der Waals surface area contributed by atoms with Crippen molar-refractivity contribution in [3.05, 3.63) is 28.8 Å². The van der Waals surface area contributed by atoms with Crippen molar-refractivity contribution >= 4 is 17.5 Å². The molecule has 0 bridgehead atoms. The Balaban J connectivity index is 1.83. The summed E-state index contributed by atoms with van der Waals surface area (Å²) < 4.78 is 5.63. The fourth-order valence-corrected chi connectivity index (χ4v) is 2.45. The van der Waals surface area contributed by atoms with Crippen molar-refractivity contribution in [1.29, 1.82) is 0 Å². The van der Waals surface area contributed by atoms with Crippen LogP contribution in [0.2, 0.25) is 5.02 Å². The maximum absolute atomic E-state index is 11.9. The van der Waals surface area contributed by atoms with Crippen LogP contribution in [0.1, 0.15) is 38.2 Å². The van der Waals surface area contributed by atoms with Crippen LogP contribution in [0.5, 0.6) is 5.75 Å². The van der Waals surface area contributed by atoms with E-state index < -0.39 is 6.10 Å². The topological polar surface area (TPSA) is 47.6 Å². The van der Waals surface area contributed by atoms with Crippen molar-refractivity contribution in [1.82, 2.24) is 5.48 Å². The molecule has 1 atom stereocenters. The van der Waals surface area contributed by atoms with Crippen LogP contribution in [0.25, 0.3) is 0 Å². The van der Waals surface area contributed by atoms with Gasteiger partial charge in [0.05, 0.1) is 6.10 Å². The first-order valence-corrected chi connectivity index (χ1v) is 7.32. The van der Waals surface area contributed by atoms with E-state index in [9.17, 15) is 4.79 Å². The fraction of sp³-hybridized carbons (Fsp3) is 0.533. The van der Waals surface area contributed by atoms with E-state index in [0.717, 1.165) is 31.2 Å². The molecule has 20 heavy (non-hydrogen) atoms. The van der Waals surface area contributed by atoms with Gasteiger partial charge in [0.1, 0.15) is 5.75 Å². The molecule has 4 nitrogen and oxygen atoms in total. The van der Waals surface area contributed by atoms with E-state index >= 15 is 0 Å². The second kappa shape index (κ2) is 6.95. The predicted molar refractivity (Wildman–Crippen MR) is 77.8 cm³/mol. The Bertz CT molecular complexity index is 472. The molecule has 0 saturated heterocycles. The van der Waals surface area contributed by atoms with E-state index in [1.165, 1.54) is 0 Å². The van der Waals surface area contributed by atoms with Gasteiger partial charge < -0.3 is 4.74 Å². The van der Waals surface area contributed by atoms with Crippen LogP contribution in [-0.2, 0) is 9.63 Å². The summed E-state index contributed by atoms with van der Waals surface area (Å²) in [6, 6.07) is 5.30. The van der Waals surface area contributed by atoms with E-state index in [2.05, 4.69) is 5.48 Å². The highest BCUT2D eigenvalue weighted by Crippen LogP contribution is 2.23. The Morgan fingerprint density at radius 1 is 1.40 bits per heavy atom. The molecule has 1 N–H and O–H groups in total. The first-order chi connectivity index (χ1) is 9.56. The lowest BCUT2D eigenvalue weighted by Gasteiger charge is -2.17. The van der Waals surface area contributed by atoms with Gasteiger partial charge in [-0.3, -0.25) is 9.63 Å². The summed E-state index contributed by atoms with van der Waals surface area (Å²) in [5.74, 6) is 0.379. The summed E-state index contributed by atoms with van der Waals surface area (Å²) in [4.78, 5) is 17.3. The number of aryl methyl sites for hydroxylation is 1. The Labute approximate surface area is 124 Å². The van der Waals surface area contributed by atoms with Crippen molar-refractivity contribution in [2.24, 2.45) is 0 Å². The monoisotopic (exact) mass is 297 g/mol. The standard InChI is InChI=1S/C15H20ClNO3/c1-10-9-12(16)7-8-14(10)19-11(2)15(18)17-20-13-5-3-4-6-13/h7-9,11,13H,3-6H2,1-2H3,(H,17,18). The van der Waals surface area contributed by atoms with Gasteiger partial charge in [0.2, 0.25) is 0 Å². The van der Waals surface area contributed by atoms with Gasteiger partial charge >= 0.3 is 0 Å². The number of benzene rings is 1. The predicted octanol–water partition coefficient (Wildman–Crippen LogP) is 3.41. The molecule has 1 aliphatic rings. The molecule has 0 aromatic heterocycles. The molecule has 1 aromatic rings. The Morgan fingerprint density at radius 2 is 2.10 bits per heavy atom. The highest BCUT2D eigenvalue weighted by molar-refractivity contribution is 6.30. The summed E-state index contributed by atoms with van der Waals surface area (Å²) in [5, 5.41) is 0.650. The molecule has 1 aromatic carbocycles. The Morgan fingerprint density at radius 3 is 2.75 bits per heavy atom. The maximum Gasteiger partial charge on any atom is 0.284 e. The molecule has 2 rings (SSSR count). The number of hydroxylamine groups is 1. The lowest BCUT2D eigenvalue weighted by molar-refractivity contribution is -0.144. The number of rotatable bonds is 5. The number of carbonyl (C=O) groups excluding carboxylic acids is 1. The molecular formula is C15H20ClNO3. The number of carbonyl (C=O) groups is 1. The molecule has 0 aliphatic heterocycles. The van der Waals surface area contributed by atoms with E-state index in [0.29, 0.717) is 10.8 Å². The summed E-state index contributed by atoms with van der Waals surface area (Å²) in [6.07, 6.45) is 3.87. The number of halogens is 1. The highest BCUT2D eigenvalue weighted by atomic mass is 35.5. The van der Waals surface area contributed by atoms with Crippen LogP contribution in [0, 0.1) is 6.92 Å². The van der Waals surface area contributed by atoms with Crippen molar-refractivity contribution in [2.75, 3.05) is 0 Å². The zero-order chi connectivity index (χ0) is 14.5. The molecule has 1 saturated carbocycles. The fourth-order valence-electron chi connectivity index (χ4n) is 2.22.